The first kappa shape index (κ1) is 17.4. The molecule has 5 heteroatoms. The molecule has 0 saturated heterocycles. The molecule has 0 aliphatic heterocycles. The van der Waals surface area contributed by atoms with E-state index in [4.69, 9.17) is 0 Å². The fourth-order valence-electron chi connectivity index (χ4n) is 2.34. The van der Waals surface area contributed by atoms with Gasteiger partial charge in [-0.15, -0.1) is 0 Å². The van der Waals surface area contributed by atoms with Crippen LogP contribution < -0.4 is 5.32 Å². The van der Waals surface area contributed by atoms with Gasteiger partial charge in [0.1, 0.15) is 11.5 Å². The van der Waals surface area contributed by atoms with Crippen LogP contribution >= 0.6 is 0 Å². The van der Waals surface area contributed by atoms with Gasteiger partial charge in [-0.1, -0.05) is 26.8 Å². The van der Waals surface area contributed by atoms with Crippen LogP contribution in [0.5, 0.6) is 0 Å². The Morgan fingerprint density at radius 3 is 2.62 bits per heavy atom. The summed E-state index contributed by atoms with van der Waals surface area (Å²) in [5.41, 5.74) is 0.427. The smallest absolute Gasteiger partial charge is 0.272 e. The maximum Gasteiger partial charge on any atom is 0.272 e. The molecule has 1 aromatic rings. The summed E-state index contributed by atoms with van der Waals surface area (Å²) in [5.74, 6) is 0.606. The number of hydrogen-bond acceptors (Lipinski definition) is 4. The van der Waals surface area contributed by atoms with Crippen LogP contribution in [0.25, 0.3) is 0 Å². The normalized spacial score (nSPS) is 10.7. The first-order valence-corrected chi connectivity index (χ1v) is 7.80. The lowest BCUT2D eigenvalue weighted by molar-refractivity contribution is 0.0616. The van der Waals surface area contributed by atoms with Crippen LogP contribution in [0.3, 0.4) is 0 Å². The fourth-order valence-corrected chi connectivity index (χ4v) is 2.34. The van der Waals surface area contributed by atoms with E-state index in [0.29, 0.717) is 12.2 Å². The second-order valence-electron chi connectivity index (χ2n) is 5.03. The van der Waals surface area contributed by atoms with Crippen molar-refractivity contribution in [2.75, 3.05) is 25.0 Å². The molecule has 118 valence electrons. The molecule has 0 atom stereocenters. The van der Waals surface area contributed by atoms with E-state index >= 15 is 0 Å². The van der Waals surface area contributed by atoms with Crippen LogP contribution in [0.15, 0.2) is 18.2 Å². The highest BCUT2D eigenvalue weighted by atomic mass is 16.3. The lowest BCUT2D eigenvalue weighted by Gasteiger charge is -2.29. The third-order valence-electron chi connectivity index (χ3n) is 3.51. The van der Waals surface area contributed by atoms with Gasteiger partial charge < -0.3 is 15.3 Å². The van der Waals surface area contributed by atoms with Gasteiger partial charge in [-0.3, -0.25) is 4.79 Å². The number of anilines is 1. The van der Waals surface area contributed by atoms with Crippen LogP contribution in [0, 0.1) is 0 Å². The van der Waals surface area contributed by atoms with Gasteiger partial charge in [0.2, 0.25) is 0 Å². The average Bonchev–Trinajstić information content (AvgIpc) is 2.52. The zero-order valence-electron chi connectivity index (χ0n) is 13.3. The van der Waals surface area contributed by atoms with Crippen LogP contribution in [0.1, 0.15) is 50.5 Å². The largest absolute Gasteiger partial charge is 0.395 e. The average molecular weight is 293 g/mol. The van der Waals surface area contributed by atoms with Gasteiger partial charge >= 0.3 is 0 Å². The van der Waals surface area contributed by atoms with Crippen molar-refractivity contribution in [3.63, 3.8) is 0 Å². The quantitative estimate of drug-likeness (QED) is 0.734. The minimum absolute atomic E-state index is 0.0317. The highest BCUT2D eigenvalue weighted by Gasteiger charge is 2.22. The number of aliphatic hydroxyl groups is 1. The topological polar surface area (TPSA) is 65.5 Å². The third kappa shape index (κ3) is 5.01. The van der Waals surface area contributed by atoms with Crippen LogP contribution in [-0.4, -0.2) is 46.6 Å². The number of aromatic nitrogens is 1. The van der Waals surface area contributed by atoms with E-state index in [1.54, 1.807) is 11.0 Å². The zero-order valence-corrected chi connectivity index (χ0v) is 13.3. The van der Waals surface area contributed by atoms with E-state index in [-0.39, 0.29) is 18.6 Å². The van der Waals surface area contributed by atoms with E-state index in [1.807, 2.05) is 12.1 Å². The summed E-state index contributed by atoms with van der Waals surface area (Å²) in [5, 5.41) is 12.4. The summed E-state index contributed by atoms with van der Waals surface area (Å²) in [6.45, 7) is 7.34. The first-order valence-electron chi connectivity index (χ1n) is 7.80. The number of aliphatic hydroxyl groups excluding tert-OH is 1. The molecule has 2 N–H and O–H groups in total. The minimum Gasteiger partial charge on any atom is -0.395 e. The summed E-state index contributed by atoms with van der Waals surface area (Å²) >= 11 is 0. The number of carbonyl (C=O) groups excluding carboxylic acids is 1. The number of rotatable bonds is 9. The van der Waals surface area contributed by atoms with E-state index in [0.717, 1.165) is 31.6 Å². The van der Waals surface area contributed by atoms with E-state index in [2.05, 4.69) is 31.1 Å². The van der Waals surface area contributed by atoms with Crippen LogP contribution in [0.2, 0.25) is 0 Å². The lowest BCUT2D eigenvalue weighted by atomic mass is 10.1. The molecule has 1 aromatic heterocycles. The van der Waals surface area contributed by atoms with E-state index in [9.17, 15) is 9.90 Å². The van der Waals surface area contributed by atoms with Crippen molar-refractivity contribution in [3.05, 3.63) is 23.9 Å². The molecule has 0 radical (unpaired) electrons. The molecule has 0 aliphatic rings. The summed E-state index contributed by atoms with van der Waals surface area (Å²) in [4.78, 5) is 18.8. The Hall–Kier alpha value is -1.62. The van der Waals surface area contributed by atoms with E-state index < -0.39 is 0 Å². The fraction of sp³-hybridized carbons (Fsp3) is 0.625. The molecule has 0 spiro atoms. The number of amides is 1. The lowest BCUT2D eigenvalue weighted by Crippen LogP contribution is -2.42. The van der Waals surface area contributed by atoms with Crippen molar-refractivity contribution in [1.82, 2.24) is 9.88 Å². The summed E-state index contributed by atoms with van der Waals surface area (Å²) in [6.07, 6.45) is 2.75. The maximum absolute atomic E-state index is 12.6. The predicted octanol–water partition coefficient (Wildman–Crippen LogP) is 2.53. The molecule has 5 nitrogen and oxygen atoms in total. The summed E-state index contributed by atoms with van der Waals surface area (Å²) in [7, 11) is 0. The van der Waals surface area contributed by atoms with Crippen molar-refractivity contribution in [1.29, 1.82) is 0 Å². The molecule has 0 saturated carbocycles. The Morgan fingerprint density at radius 2 is 2.05 bits per heavy atom. The molecule has 0 bridgehead atoms. The number of hydrogen-bond donors (Lipinski definition) is 2. The second kappa shape index (κ2) is 9.34. The van der Waals surface area contributed by atoms with Crippen molar-refractivity contribution >= 4 is 11.7 Å². The molecular weight excluding hydrogens is 266 g/mol. The molecule has 0 aromatic carbocycles. The number of pyridine rings is 1. The van der Waals surface area contributed by atoms with Crippen molar-refractivity contribution in [2.24, 2.45) is 0 Å². The first-order chi connectivity index (χ1) is 10.2. The SMILES string of the molecule is CCCNc1cccc(C(=O)N(CCO)C(CC)CC)n1. The monoisotopic (exact) mass is 293 g/mol. The van der Waals surface area contributed by atoms with Crippen molar-refractivity contribution < 1.29 is 9.90 Å². The second-order valence-corrected chi connectivity index (χ2v) is 5.03. The number of nitrogens with one attached hydrogen (secondary N) is 1. The van der Waals surface area contributed by atoms with Crippen molar-refractivity contribution in [3.8, 4) is 0 Å². The summed E-state index contributed by atoms with van der Waals surface area (Å²) < 4.78 is 0. The number of nitrogens with zero attached hydrogens (tertiary/aromatic N) is 2. The molecule has 1 amide bonds. The van der Waals surface area contributed by atoms with Crippen molar-refractivity contribution in [2.45, 2.75) is 46.1 Å². The van der Waals surface area contributed by atoms with E-state index in [1.165, 1.54) is 0 Å². The van der Waals surface area contributed by atoms with Gasteiger partial charge in [-0.05, 0) is 31.4 Å². The Balaban J connectivity index is 2.92. The molecule has 1 rings (SSSR count). The highest BCUT2D eigenvalue weighted by molar-refractivity contribution is 5.92. The zero-order chi connectivity index (χ0) is 15.7. The Morgan fingerprint density at radius 1 is 1.33 bits per heavy atom. The van der Waals surface area contributed by atoms with Crippen LogP contribution in [-0.2, 0) is 0 Å². The molecule has 0 fully saturated rings. The van der Waals surface area contributed by atoms with Gasteiger partial charge in [0, 0.05) is 19.1 Å². The third-order valence-corrected chi connectivity index (χ3v) is 3.51. The molecule has 21 heavy (non-hydrogen) atoms. The summed E-state index contributed by atoms with van der Waals surface area (Å²) in [6, 6.07) is 5.56. The Kier molecular flexibility index (Phi) is 7.75. The minimum atomic E-state index is -0.113. The van der Waals surface area contributed by atoms with Crippen LogP contribution in [0.4, 0.5) is 5.82 Å². The highest BCUT2D eigenvalue weighted by Crippen LogP contribution is 2.14. The molecular formula is C16H27N3O2. The maximum atomic E-state index is 12.6. The van der Waals surface area contributed by atoms with Gasteiger partial charge in [-0.2, -0.15) is 0 Å². The number of carbonyl (C=O) groups is 1. The standard InChI is InChI=1S/C16H27N3O2/c1-4-10-17-15-9-7-8-14(18-15)16(21)19(11-12-20)13(5-2)6-3/h7-9,13,20H,4-6,10-12H2,1-3H3,(H,17,18). The van der Waals surface area contributed by atoms with Gasteiger partial charge in [0.25, 0.3) is 5.91 Å². The van der Waals surface area contributed by atoms with Gasteiger partial charge in [0.05, 0.1) is 6.61 Å². The Bertz CT molecular complexity index is 433. The molecule has 0 aliphatic carbocycles. The van der Waals surface area contributed by atoms with Gasteiger partial charge in [-0.25, -0.2) is 4.98 Å². The Labute approximate surface area is 127 Å². The molecule has 0 unspecified atom stereocenters. The molecule has 1 heterocycles. The predicted molar refractivity (Wildman–Crippen MR) is 85.5 cm³/mol. The van der Waals surface area contributed by atoms with Gasteiger partial charge in [0.15, 0.2) is 0 Å².